The fraction of sp³-hybridized carbons (Fsp3) is 0.227. The van der Waals surface area contributed by atoms with Crippen LogP contribution < -0.4 is 4.90 Å². The largest absolute Gasteiger partial charge is 0.459 e. The third-order valence-electron chi connectivity index (χ3n) is 5.27. The predicted octanol–water partition coefficient (Wildman–Crippen LogP) is 3.18. The van der Waals surface area contributed by atoms with Gasteiger partial charge in [0.2, 0.25) is 11.6 Å². The van der Waals surface area contributed by atoms with Crippen molar-refractivity contribution in [3.05, 3.63) is 65.8 Å². The van der Waals surface area contributed by atoms with Crippen molar-refractivity contribution >= 4 is 23.6 Å². The number of nitriles is 1. The van der Waals surface area contributed by atoms with Gasteiger partial charge in [-0.1, -0.05) is 23.9 Å². The Labute approximate surface area is 193 Å². The number of benzene rings is 1. The third kappa shape index (κ3) is 4.47. The van der Waals surface area contributed by atoms with E-state index in [9.17, 15) is 10.1 Å². The van der Waals surface area contributed by atoms with Crippen molar-refractivity contribution in [3.63, 3.8) is 0 Å². The molecule has 1 aromatic carbocycles. The number of nitrogens with one attached hydrogen (secondary N) is 1. The number of hydrogen-bond donors (Lipinski definition) is 1. The second-order valence-electron chi connectivity index (χ2n) is 7.32. The fourth-order valence-electron chi connectivity index (χ4n) is 3.56. The number of carbonyl (C=O) groups is 1. The highest BCUT2D eigenvalue weighted by Crippen LogP contribution is 2.29. The van der Waals surface area contributed by atoms with Crippen LogP contribution in [0.15, 0.2) is 63.0 Å². The quantitative estimate of drug-likeness (QED) is 0.430. The molecular weight excluding hydrogens is 442 g/mol. The van der Waals surface area contributed by atoms with E-state index in [0.717, 1.165) is 16.5 Å². The van der Waals surface area contributed by atoms with Crippen LogP contribution in [0.1, 0.15) is 21.6 Å². The summed E-state index contributed by atoms with van der Waals surface area (Å²) in [6, 6.07) is 13.2. The summed E-state index contributed by atoms with van der Waals surface area (Å²) in [4.78, 5) is 25.0. The Morgan fingerprint density at radius 2 is 2.00 bits per heavy atom. The molecule has 33 heavy (non-hydrogen) atoms. The molecular formula is C22H19N7O3S. The highest BCUT2D eigenvalue weighted by Gasteiger charge is 2.27. The summed E-state index contributed by atoms with van der Waals surface area (Å²) >= 11 is 1.55. The maximum atomic E-state index is 13.0. The van der Waals surface area contributed by atoms with Crippen LogP contribution >= 0.6 is 11.8 Å². The summed E-state index contributed by atoms with van der Waals surface area (Å²) in [6.07, 6.45) is 3.00. The molecule has 1 N–H and O–H groups in total. The second kappa shape index (κ2) is 9.22. The zero-order valence-electron chi connectivity index (χ0n) is 17.5. The van der Waals surface area contributed by atoms with E-state index < -0.39 is 0 Å². The number of thioether (sulfide) groups is 1. The molecule has 0 atom stereocenters. The first-order chi connectivity index (χ1) is 16.2. The summed E-state index contributed by atoms with van der Waals surface area (Å²) in [6.45, 7) is 2.12. The number of amides is 1. The summed E-state index contributed by atoms with van der Waals surface area (Å²) in [5, 5.41) is 16.9. The van der Waals surface area contributed by atoms with Crippen molar-refractivity contribution < 1.29 is 13.6 Å². The zero-order valence-corrected chi connectivity index (χ0v) is 18.3. The molecule has 3 aromatic heterocycles. The number of aromatic amines is 1. The minimum Gasteiger partial charge on any atom is -0.459 e. The van der Waals surface area contributed by atoms with Gasteiger partial charge in [0, 0.05) is 37.5 Å². The molecule has 0 unspecified atom stereocenters. The van der Waals surface area contributed by atoms with Gasteiger partial charge in [-0.05, 0) is 29.8 Å². The molecule has 1 aliphatic rings. The molecule has 1 fully saturated rings. The van der Waals surface area contributed by atoms with E-state index in [1.807, 2.05) is 34.1 Å². The maximum Gasteiger partial charge on any atom is 0.266 e. The average Bonchev–Trinajstić information content (AvgIpc) is 3.64. The van der Waals surface area contributed by atoms with Crippen LogP contribution in [0.2, 0.25) is 0 Å². The van der Waals surface area contributed by atoms with Crippen molar-refractivity contribution in [2.24, 2.45) is 0 Å². The number of anilines is 1. The molecule has 4 heterocycles. The van der Waals surface area contributed by atoms with Gasteiger partial charge in [0.1, 0.15) is 12.4 Å². The Kier molecular flexibility index (Phi) is 5.82. The minimum atomic E-state index is -0.0153. The van der Waals surface area contributed by atoms with E-state index in [0.29, 0.717) is 43.4 Å². The molecule has 4 aromatic rings. The highest BCUT2D eigenvalue weighted by molar-refractivity contribution is 7.98. The zero-order chi connectivity index (χ0) is 22.6. The maximum absolute atomic E-state index is 13.0. The number of H-pyrrole nitrogens is 1. The standard InChI is InChI=1S/C22H19N7O3S/c23-12-17-21(32-19(26-17)18-2-1-11-31-18)29-9-7-28(8-10-29)20(30)16-5-3-15(4-6-16)13-33-22-24-14-25-27-22/h1-6,11,14H,7-10,13H2,(H,24,25,27). The van der Waals surface area contributed by atoms with Gasteiger partial charge in [-0.15, -0.1) is 0 Å². The summed E-state index contributed by atoms with van der Waals surface area (Å²) in [5.41, 5.74) is 1.95. The minimum absolute atomic E-state index is 0.0153. The lowest BCUT2D eigenvalue weighted by Crippen LogP contribution is -2.48. The van der Waals surface area contributed by atoms with Gasteiger partial charge in [0.05, 0.1) is 6.26 Å². The van der Waals surface area contributed by atoms with Crippen molar-refractivity contribution in [2.75, 3.05) is 31.1 Å². The highest BCUT2D eigenvalue weighted by atomic mass is 32.2. The van der Waals surface area contributed by atoms with Crippen molar-refractivity contribution in [3.8, 4) is 17.7 Å². The Morgan fingerprint density at radius 1 is 1.18 bits per heavy atom. The molecule has 0 saturated carbocycles. The first kappa shape index (κ1) is 20.8. The smallest absolute Gasteiger partial charge is 0.266 e. The number of hydrogen-bond acceptors (Lipinski definition) is 9. The molecule has 0 aliphatic carbocycles. The van der Waals surface area contributed by atoms with Gasteiger partial charge < -0.3 is 18.6 Å². The van der Waals surface area contributed by atoms with E-state index >= 15 is 0 Å². The summed E-state index contributed by atoms with van der Waals surface area (Å²) in [5.74, 6) is 1.87. The molecule has 10 nitrogen and oxygen atoms in total. The lowest BCUT2D eigenvalue weighted by atomic mass is 10.1. The van der Waals surface area contributed by atoms with Crippen LogP contribution in [0.25, 0.3) is 11.7 Å². The van der Waals surface area contributed by atoms with Gasteiger partial charge >= 0.3 is 0 Å². The van der Waals surface area contributed by atoms with Gasteiger partial charge in [-0.25, -0.2) is 4.98 Å². The number of aromatic nitrogens is 4. The summed E-state index contributed by atoms with van der Waals surface area (Å²) in [7, 11) is 0. The first-order valence-electron chi connectivity index (χ1n) is 10.3. The third-order valence-corrected chi connectivity index (χ3v) is 6.22. The molecule has 11 heteroatoms. The number of carbonyl (C=O) groups excluding carboxylic acids is 1. The van der Waals surface area contributed by atoms with Gasteiger partial charge in [-0.2, -0.15) is 15.3 Å². The van der Waals surface area contributed by atoms with Gasteiger partial charge in [0.15, 0.2) is 10.9 Å². The SMILES string of the molecule is N#Cc1nc(-c2ccco2)oc1N1CCN(C(=O)c2ccc(CSc3ncn[nH]3)cc2)CC1. The van der Waals surface area contributed by atoms with Crippen molar-refractivity contribution in [1.82, 2.24) is 25.1 Å². The Hall–Kier alpha value is -4.04. The average molecular weight is 462 g/mol. The Bertz CT molecular complexity index is 1250. The topological polar surface area (TPSA) is 128 Å². The van der Waals surface area contributed by atoms with Gasteiger partial charge in [-0.3, -0.25) is 9.89 Å². The fourth-order valence-corrected chi connectivity index (χ4v) is 4.29. The van der Waals surface area contributed by atoms with Gasteiger partial charge in [0.25, 0.3) is 11.8 Å². The Balaban J connectivity index is 1.20. The number of nitrogens with zero attached hydrogens (tertiary/aromatic N) is 6. The van der Waals surface area contributed by atoms with E-state index in [1.165, 1.54) is 12.6 Å². The molecule has 0 spiro atoms. The predicted molar refractivity (Wildman–Crippen MR) is 119 cm³/mol. The van der Waals surface area contributed by atoms with E-state index in [1.54, 1.807) is 23.9 Å². The number of piperazine rings is 1. The molecule has 0 radical (unpaired) electrons. The van der Waals surface area contributed by atoms with Crippen molar-refractivity contribution in [1.29, 1.82) is 5.26 Å². The summed E-state index contributed by atoms with van der Waals surface area (Å²) < 4.78 is 11.1. The number of rotatable bonds is 6. The van der Waals surface area contributed by atoms with Crippen LogP contribution in [0.3, 0.4) is 0 Å². The van der Waals surface area contributed by atoms with E-state index in [2.05, 4.69) is 26.2 Å². The molecule has 1 saturated heterocycles. The first-order valence-corrected chi connectivity index (χ1v) is 11.3. The molecule has 1 amide bonds. The van der Waals surface area contributed by atoms with E-state index in [-0.39, 0.29) is 17.5 Å². The number of furan rings is 1. The lowest BCUT2D eigenvalue weighted by Gasteiger charge is -2.34. The van der Waals surface area contributed by atoms with Crippen LogP contribution in [0.4, 0.5) is 5.88 Å². The Morgan fingerprint density at radius 3 is 2.67 bits per heavy atom. The van der Waals surface area contributed by atoms with Crippen molar-refractivity contribution in [2.45, 2.75) is 10.9 Å². The normalized spacial score (nSPS) is 13.8. The van der Waals surface area contributed by atoms with Crippen LogP contribution in [0.5, 0.6) is 0 Å². The van der Waals surface area contributed by atoms with Crippen LogP contribution in [-0.4, -0.2) is 57.2 Å². The molecule has 166 valence electrons. The van der Waals surface area contributed by atoms with E-state index in [4.69, 9.17) is 8.83 Å². The molecule has 5 rings (SSSR count). The number of oxazole rings is 1. The lowest BCUT2D eigenvalue weighted by molar-refractivity contribution is 0.0745. The van der Waals surface area contributed by atoms with Crippen LogP contribution in [-0.2, 0) is 5.75 Å². The molecule has 0 bridgehead atoms. The molecule has 1 aliphatic heterocycles. The second-order valence-corrected chi connectivity index (χ2v) is 8.28. The monoisotopic (exact) mass is 461 g/mol. The van der Waals surface area contributed by atoms with Crippen LogP contribution in [0, 0.1) is 11.3 Å².